The molecule has 5 nitrogen and oxygen atoms in total. The van der Waals surface area contributed by atoms with Crippen LogP contribution >= 0.6 is 0 Å². The maximum absolute atomic E-state index is 12.6. The standard InChI is InChI=1S/C15H21NO4/c1-5-8-16(10-14(17)20-4)15(18)12-9-11(2)6-7-13(12)19-3/h6-7,9H,5,8,10H2,1-4H3. The number of carbonyl (C=O) groups is 2. The van der Waals surface area contributed by atoms with Crippen LogP contribution in [0.25, 0.3) is 0 Å². The Labute approximate surface area is 119 Å². The van der Waals surface area contributed by atoms with E-state index in [4.69, 9.17) is 4.74 Å². The zero-order valence-corrected chi connectivity index (χ0v) is 12.4. The summed E-state index contributed by atoms with van der Waals surface area (Å²) in [5.74, 6) is -0.150. The van der Waals surface area contributed by atoms with Crippen molar-refractivity contribution in [2.75, 3.05) is 27.3 Å². The van der Waals surface area contributed by atoms with Gasteiger partial charge in [-0.05, 0) is 25.5 Å². The van der Waals surface area contributed by atoms with Gasteiger partial charge < -0.3 is 14.4 Å². The maximum Gasteiger partial charge on any atom is 0.325 e. The summed E-state index contributed by atoms with van der Waals surface area (Å²) in [6, 6.07) is 5.39. The van der Waals surface area contributed by atoms with Crippen LogP contribution in [0.4, 0.5) is 0 Å². The van der Waals surface area contributed by atoms with E-state index >= 15 is 0 Å². The van der Waals surface area contributed by atoms with E-state index in [0.717, 1.165) is 12.0 Å². The van der Waals surface area contributed by atoms with Gasteiger partial charge in [-0.25, -0.2) is 0 Å². The van der Waals surface area contributed by atoms with Crippen molar-refractivity contribution in [3.05, 3.63) is 29.3 Å². The van der Waals surface area contributed by atoms with Gasteiger partial charge in [-0.15, -0.1) is 0 Å². The maximum atomic E-state index is 12.6. The minimum atomic E-state index is -0.432. The minimum Gasteiger partial charge on any atom is -0.496 e. The summed E-state index contributed by atoms with van der Waals surface area (Å²) in [4.78, 5) is 25.4. The summed E-state index contributed by atoms with van der Waals surface area (Å²) in [7, 11) is 2.83. The molecule has 1 amide bonds. The average molecular weight is 279 g/mol. The zero-order chi connectivity index (χ0) is 15.1. The van der Waals surface area contributed by atoms with E-state index in [2.05, 4.69) is 4.74 Å². The topological polar surface area (TPSA) is 55.8 Å². The molecule has 0 aliphatic rings. The normalized spacial score (nSPS) is 10.0. The van der Waals surface area contributed by atoms with Crippen molar-refractivity contribution in [3.63, 3.8) is 0 Å². The van der Waals surface area contributed by atoms with Crippen LogP contribution in [0.5, 0.6) is 5.75 Å². The van der Waals surface area contributed by atoms with Crippen LogP contribution in [0.15, 0.2) is 18.2 Å². The van der Waals surface area contributed by atoms with E-state index in [-0.39, 0.29) is 12.5 Å². The second-order valence-electron chi connectivity index (χ2n) is 4.51. The largest absolute Gasteiger partial charge is 0.496 e. The van der Waals surface area contributed by atoms with Gasteiger partial charge in [0.2, 0.25) is 0 Å². The fourth-order valence-electron chi connectivity index (χ4n) is 1.90. The lowest BCUT2D eigenvalue weighted by Crippen LogP contribution is -2.37. The summed E-state index contributed by atoms with van der Waals surface area (Å²) in [6.45, 7) is 4.29. The van der Waals surface area contributed by atoms with E-state index in [0.29, 0.717) is 17.9 Å². The van der Waals surface area contributed by atoms with E-state index in [1.54, 1.807) is 12.1 Å². The molecule has 1 aromatic rings. The fraction of sp³-hybridized carbons (Fsp3) is 0.467. The molecule has 1 rings (SSSR count). The van der Waals surface area contributed by atoms with Gasteiger partial charge >= 0.3 is 5.97 Å². The Kier molecular flexibility index (Phi) is 6.03. The molecule has 0 heterocycles. The van der Waals surface area contributed by atoms with E-state index in [9.17, 15) is 9.59 Å². The summed E-state index contributed by atoms with van der Waals surface area (Å²) in [5.41, 5.74) is 1.42. The molecule has 0 N–H and O–H groups in total. The summed E-state index contributed by atoms with van der Waals surface area (Å²) in [6.07, 6.45) is 0.761. The fourth-order valence-corrected chi connectivity index (χ4v) is 1.90. The first-order valence-corrected chi connectivity index (χ1v) is 6.54. The number of hydrogen-bond donors (Lipinski definition) is 0. The minimum absolute atomic E-state index is 0.0553. The molecular formula is C15H21NO4. The Morgan fingerprint density at radius 3 is 2.50 bits per heavy atom. The van der Waals surface area contributed by atoms with Gasteiger partial charge in [-0.2, -0.15) is 0 Å². The number of amides is 1. The Morgan fingerprint density at radius 2 is 1.95 bits per heavy atom. The predicted octanol–water partition coefficient (Wildman–Crippen LogP) is 2.03. The van der Waals surface area contributed by atoms with Crippen LogP contribution in [-0.4, -0.2) is 44.1 Å². The number of hydrogen-bond acceptors (Lipinski definition) is 4. The highest BCUT2D eigenvalue weighted by atomic mass is 16.5. The molecule has 0 fully saturated rings. The van der Waals surface area contributed by atoms with Crippen molar-refractivity contribution in [3.8, 4) is 5.75 Å². The van der Waals surface area contributed by atoms with Crippen molar-refractivity contribution in [1.82, 2.24) is 4.90 Å². The molecule has 0 bridgehead atoms. The van der Waals surface area contributed by atoms with E-state index in [1.165, 1.54) is 19.1 Å². The summed E-state index contributed by atoms with van der Waals surface area (Å²) in [5, 5.41) is 0. The number of benzene rings is 1. The second kappa shape index (κ2) is 7.53. The molecule has 0 aliphatic carbocycles. The van der Waals surface area contributed by atoms with Crippen molar-refractivity contribution in [2.24, 2.45) is 0 Å². The lowest BCUT2D eigenvalue weighted by Gasteiger charge is -2.22. The van der Waals surface area contributed by atoms with E-state index < -0.39 is 5.97 Å². The van der Waals surface area contributed by atoms with Gasteiger partial charge in [0, 0.05) is 6.54 Å². The Balaban J connectivity index is 3.05. The van der Waals surface area contributed by atoms with Gasteiger partial charge in [-0.3, -0.25) is 9.59 Å². The number of rotatable bonds is 6. The number of nitrogens with zero attached hydrogens (tertiary/aromatic N) is 1. The van der Waals surface area contributed by atoms with Crippen LogP contribution < -0.4 is 4.74 Å². The van der Waals surface area contributed by atoms with Crippen LogP contribution in [0, 0.1) is 6.92 Å². The predicted molar refractivity (Wildman–Crippen MR) is 75.9 cm³/mol. The number of carbonyl (C=O) groups excluding carboxylic acids is 2. The quantitative estimate of drug-likeness (QED) is 0.748. The molecule has 0 spiro atoms. The molecule has 0 unspecified atom stereocenters. The third kappa shape index (κ3) is 3.98. The molecule has 0 saturated carbocycles. The van der Waals surface area contributed by atoms with Gasteiger partial charge in [-0.1, -0.05) is 18.6 Å². The highest BCUT2D eigenvalue weighted by Gasteiger charge is 2.21. The first-order chi connectivity index (χ1) is 9.53. The zero-order valence-electron chi connectivity index (χ0n) is 12.4. The summed E-state index contributed by atoms with van der Waals surface area (Å²) < 4.78 is 9.85. The highest BCUT2D eigenvalue weighted by Crippen LogP contribution is 2.21. The number of methoxy groups -OCH3 is 2. The monoisotopic (exact) mass is 279 g/mol. The molecule has 0 radical (unpaired) electrons. The molecule has 110 valence electrons. The van der Waals surface area contributed by atoms with Crippen LogP contribution in [-0.2, 0) is 9.53 Å². The van der Waals surface area contributed by atoms with Crippen LogP contribution in [0.1, 0.15) is 29.3 Å². The van der Waals surface area contributed by atoms with Crippen molar-refractivity contribution >= 4 is 11.9 Å². The smallest absolute Gasteiger partial charge is 0.325 e. The molecule has 0 atom stereocenters. The number of aryl methyl sites for hydroxylation is 1. The average Bonchev–Trinajstić information content (AvgIpc) is 2.45. The third-order valence-electron chi connectivity index (χ3n) is 2.91. The molecule has 0 aromatic heterocycles. The van der Waals surface area contributed by atoms with E-state index in [1.807, 2.05) is 19.9 Å². The lowest BCUT2D eigenvalue weighted by atomic mass is 10.1. The molecule has 5 heteroatoms. The Morgan fingerprint density at radius 1 is 1.25 bits per heavy atom. The van der Waals surface area contributed by atoms with Crippen molar-refractivity contribution in [1.29, 1.82) is 0 Å². The van der Waals surface area contributed by atoms with Crippen LogP contribution in [0.3, 0.4) is 0 Å². The lowest BCUT2D eigenvalue weighted by molar-refractivity contribution is -0.141. The van der Waals surface area contributed by atoms with Gasteiger partial charge in [0.05, 0.1) is 19.8 Å². The summed E-state index contributed by atoms with van der Waals surface area (Å²) >= 11 is 0. The molecular weight excluding hydrogens is 258 g/mol. The third-order valence-corrected chi connectivity index (χ3v) is 2.91. The van der Waals surface area contributed by atoms with Gasteiger partial charge in [0.25, 0.3) is 5.91 Å². The van der Waals surface area contributed by atoms with Gasteiger partial charge in [0.15, 0.2) is 0 Å². The second-order valence-corrected chi connectivity index (χ2v) is 4.51. The first-order valence-electron chi connectivity index (χ1n) is 6.54. The Hall–Kier alpha value is -2.04. The Bertz CT molecular complexity index is 485. The molecule has 0 saturated heterocycles. The van der Waals surface area contributed by atoms with Crippen molar-refractivity contribution < 1.29 is 19.1 Å². The number of ether oxygens (including phenoxy) is 2. The SMILES string of the molecule is CCCN(CC(=O)OC)C(=O)c1cc(C)ccc1OC. The first kappa shape index (κ1) is 16.0. The van der Waals surface area contributed by atoms with Crippen molar-refractivity contribution in [2.45, 2.75) is 20.3 Å². The highest BCUT2D eigenvalue weighted by molar-refractivity contribution is 5.98. The number of esters is 1. The van der Waals surface area contributed by atoms with Gasteiger partial charge in [0.1, 0.15) is 12.3 Å². The molecule has 0 aliphatic heterocycles. The molecule has 20 heavy (non-hydrogen) atoms. The van der Waals surface area contributed by atoms with Crippen LogP contribution in [0.2, 0.25) is 0 Å². The molecule has 1 aromatic carbocycles.